The minimum atomic E-state index is 1.19. The van der Waals surface area contributed by atoms with Gasteiger partial charge in [0.25, 0.3) is 0 Å². The molecular weight excluding hydrogens is 236 g/mol. The van der Waals surface area contributed by atoms with Gasteiger partial charge in [0.15, 0.2) is 0 Å². The van der Waals surface area contributed by atoms with Gasteiger partial charge < -0.3 is 0 Å². The molecule has 0 N–H and O–H groups in total. The van der Waals surface area contributed by atoms with Crippen LogP contribution in [-0.4, -0.2) is 0 Å². The Morgan fingerprint density at radius 3 is 2.21 bits per heavy atom. The molecule has 0 saturated carbocycles. The number of benzene rings is 2. The van der Waals surface area contributed by atoms with Crippen molar-refractivity contribution in [1.29, 1.82) is 0 Å². The van der Waals surface area contributed by atoms with Crippen LogP contribution in [0.1, 0.15) is 5.56 Å². The zero-order valence-electron chi connectivity index (χ0n) is 7.65. The summed E-state index contributed by atoms with van der Waals surface area (Å²) in [7, 11) is 0. The molecule has 0 aliphatic heterocycles. The molecule has 0 aliphatic rings. The second kappa shape index (κ2) is 4.43. The lowest BCUT2D eigenvalue weighted by Crippen LogP contribution is -1.79. The van der Waals surface area contributed by atoms with Gasteiger partial charge in [-0.3, -0.25) is 0 Å². The minimum Gasteiger partial charge on any atom is -0.0823 e. The van der Waals surface area contributed by atoms with Crippen molar-refractivity contribution in [1.82, 2.24) is 0 Å². The Morgan fingerprint density at radius 1 is 0.786 bits per heavy atom. The van der Waals surface area contributed by atoms with Crippen LogP contribution < -0.4 is 0 Å². The maximum Gasteiger partial charge on any atom is 0.0561 e. The van der Waals surface area contributed by atoms with Gasteiger partial charge in [-0.25, -0.2) is 0 Å². The Morgan fingerprint density at radius 2 is 1.50 bits per heavy atom. The van der Waals surface area contributed by atoms with E-state index in [0.29, 0.717) is 0 Å². The van der Waals surface area contributed by atoms with Gasteiger partial charge in [-0.15, -0.1) is 0 Å². The molecule has 0 nitrogen and oxygen atoms in total. The van der Waals surface area contributed by atoms with Crippen molar-refractivity contribution in [2.45, 2.75) is 0 Å². The summed E-state index contributed by atoms with van der Waals surface area (Å²) < 4.78 is 0. The molecule has 0 bridgehead atoms. The summed E-state index contributed by atoms with van der Waals surface area (Å²) >= 11 is 3.34. The number of hydrogen-bond donors (Lipinski definition) is 0. The first-order valence-electron chi connectivity index (χ1n) is 4.49. The average molecular weight is 246 g/mol. The van der Waals surface area contributed by atoms with Crippen molar-refractivity contribution in [3.05, 3.63) is 65.5 Å². The SMILES string of the molecule is Br[CH]c1cccc(-c2ccccc2)c1. The quantitative estimate of drug-likeness (QED) is 0.742. The molecule has 0 aliphatic carbocycles. The molecule has 0 aromatic heterocycles. The van der Waals surface area contributed by atoms with E-state index in [1.165, 1.54) is 16.7 Å². The monoisotopic (exact) mass is 245 g/mol. The van der Waals surface area contributed by atoms with E-state index in [1.54, 1.807) is 0 Å². The number of hydrogen-bond acceptors (Lipinski definition) is 0. The summed E-state index contributed by atoms with van der Waals surface area (Å²) in [4.78, 5) is 0. The van der Waals surface area contributed by atoms with Crippen LogP contribution in [-0.2, 0) is 0 Å². The summed E-state index contributed by atoms with van der Waals surface area (Å²) in [5.74, 6) is 0. The van der Waals surface area contributed by atoms with Gasteiger partial charge in [-0.05, 0) is 22.8 Å². The van der Waals surface area contributed by atoms with Gasteiger partial charge in [-0.2, -0.15) is 0 Å². The lowest BCUT2D eigenvalue weighted by molar-refractivity contribution is 1.56. The molecule has 0 heterocycles. The topological polar surface area (TPSA) is 0 Å². The van der Waals surface area contributed by atoms with Gasteiger partial charge in [0, 0.05) is 0 Å². The number of rotatable bonds is 2. The lowest BCUT2D eigenvalue weighted by atomic mass is 10.0. The lowest BCUT2D eigenvalue weighted by Gasteiger charge is -2.02. The van der Waals surface area contributed by atoms with Crippen LogP contribution in [0.4, 0.5) is 0 Å². The largest absolute Gasteiger partial charge is 0.0823 e. The summed E-state index contributed by atoms with van der Waals surface area (Å²) in [6, 6.07) is 18.8. The second-order valence-corrected chi connectivity index (χ2v) is 3.56. The summed E-state index contributed by atoms with van der Waals surface area (Å²) in [6.07, 6.45) is 0. The molecule has 2 rings (SSSR count). The standard InChI is InChI=1S/C13H10Br/c14-10-11-5-4-8-13(9-11)12-6-2-1-3-7-12/h1-10H. The van der Waals surface area contributed by atoms with Crippen LogP contribution in [0.15, 0.2) is 54.6 Å². The van der Waals surface area contributed by atoms with Crippen molar-refractivity contribution in [2.75, 3.05) is 0 Å². The van der Waals surface area contributed by atoms with Crippen molar-refractivity contribution in [3.63, 3.8) is 0 Å². The highest BCUT2D eigenvalue weighted by Gasteiger charge is 1.97. The molecule has 0 spiro atoms. The van der Waals surface area contributed by atoms with Gasteiger partial charge >= 0.3 is 0 Å². The third-order valence-corrected chi connectivity index (χ3v) is 2.65. The van der Waals surface area contributed by atoms with Crippen LogP contribution in [0.25, 0.3) is 11.1 Å². The molecule has 1 heteroatoms. The van der Waals surface area contributed by atoms with Crippen molar-refractivity contribution in [3.8, 4) is 11.1 Å². The van der Waals surface area contributed by atoms with Crippen molar-refractivity contribution >= 4 is 15.9 Å². The first kappa shape index (κ1) is 9.47. The van der Waals surface area contributed by atoms with Gasteiger partial charge in [0.05, 0.1) is 5.33 Å². The van der Waals surface area contributed by atoms with E-state index in [1.807, 2.05) is 11.4 Å². The molecule has 0 amide bonds. The second-order valence-electron chi connectivity index (χ2n) is 3.10. The first-order chi connectivity index (χ1) is 6.90. The third kappa shape index (κ3) is 2.05. The molecule has 1 radical (unpaired) electrons. The normalized spacial score (nSPS) is 10.1. The fraction of sp³-hybridized carbons (Fsp3) is 0. The van der Waals surface area contributed by atoms with Crippen LogP contribution in [0.3, 0.4) is 0 Å². The van der Waals surface area contributed by atoms with E-state index in [0.717, 1.165) is 0 Å². The fourth-order valence-corrected chi connectivity index (χ4v) is 1.70. The van der Waals surface area contributed by atoms with Crippen LogP contribution in [0, 0.1) is 5.33 Å². The smallest absolute Gasteiger partial charge is 0.0561 e. The van der Waals surface area contributed by atoms with E-state index < -0.39 is 0 Å². The molecule has 2 aromatic carbocycles. The maximum absolute atomic E-state index is 3.34. The zero-order chi connectivity index (χ0) is 9.80. The maximum atomic E-state index is 3.34. The predicted molar refractivity (Wildman–Crippen MR) is 64.2 cm³/mol. The summed E-state index contributed by atoms with van der Waals surface area (Å²) in [5.41, 5.74) is 3.69. The molecule has 0 unspecified atom stereocenters. The van der Waals surface area contributed by atoms with Crippen LogP contribution >= 0.6 is 15.9 Å². The molecule has 69 valence electrons. The highest BCUT2D eigenvalue weighted by Crippen LogP contribution is 2.21. The molecule has 0 atom stereocenters. The van der Waals surface area contributed by atoms with Crippen LogP contribution in [0.5, 0.6) is 0 Å². The first-order valence-corrected chi connectivity index (χ1v) is 5.40. The van der Waals surface area contributed by atoms with Gasteiger partial charge in [0.2, 0.25) is 0 Å². The third-order valence-electron chi connectivity index (χ3n) is 2.12. The molecule has 14 heavy (non-hydrogen) atoms. The minimum absolute atomic E-state index is 1.19. The highest BCUT2D eigenvalue weighted by molar-refractivity contribution is 9.10. The summed E-state index contributed by atoms with van der Waals surface area (Å²) in [5, 5.41) is 1.93. The Hall–Kier alpha value is -1.08. The molecule has 0 saturated heterocycles. The average Bonchev–Trinajstić information content (AvgIpc) is 2.30. The zero-order valence-corrected chi connectivity index (χ0v) is 9.24. The molecular formula is C13H10Br. The Labute approximate surface area is 92.7 Å². The van der Waals surface area contributed by atoms with Gasteiger partial charge in [-0.1, -0.05) is 64.5 Å². The highest BCUT2D eigenvalue weighted by atomic mass is 79.9. The molecule has 2 aromatic rings. The predicted octanol–water partition coefficient (Wildman–Crippen LogP) is 4.26. The van der Waals surface area contributed by atoms with E-state index >= 15 is 0 Å². The number of halogens is 1. The Balaban J connectivity index is 2.42. The van der Waals surface area contributed by atoms with Crippen molar-refractivity contribution < 1.29 is 0 Å². The Kier molecular flexibility index (Phi) is 3.00. The van der Waals surface area contributed by atoms with E-state index in [-0.39, 0.29) is 0 Å². The van der Waals surface area contributed by atoms with Crippen molar-refractivity contribution in [2.24, 2.45) is 0 Å². The fourth-order valence-electron chi connectivity index (χ4n) is 1.42. The molecule has 0 fully saturated rings. The summed E-state index contributed by atoms with van der Waals surface area (Å²) in [6.45, 7) is 0. The van der Waals surface area contributed by atoms with E-state index in [4.69, 9.17) is 0 Å². The Bertz CT molecular complexity index is 407. The van der Waals surface area contributed by atoms with E-state index in [9.17, 15) is 0 Å². The van der Waals surface area contributed by atoms with Gasteiger partial charge in [0.1, 0.15) is 0 Å². The van der Waals surface area contributed by atoms with E-state index in [2.05, 4.69) is 64.5 Å². The van der Waals surface area contributed by atoms with Crippen LogP contribution in [0.2, 0.25) is 0 Å².